The van der Waals surface area contributed by atoms with Crippen molar-refractivity contribution in [3.63, 3.8) is 0 Å². The summed E-state index contributed by atoms with van der Waals surface area (Å²) in [5, 5.41) is 22.8. The zero-order chi connectivity index (χ0) is 26.7. The number of carboxylic acid groups (broad SMARTS) is 2. The van der Waals surface area contributed by atoms with Crippen LogP contribution in [0.2, 0.25) is 0 Å². The molecule has 0 bridgehead atoms. The van der Waals surface area contributed by atoms with Gasteiger partial charge in [0, 0.05) is 13.1 Å². The van der Waals surface area contributed by atoms with E-state index in [2.05, 4.69) is 15.6 Å². The SMILES string of the molecule is NC(=O)CC(NC(=O)C(N)CC(=O)O)C(=O)NC(CCCN=C(N)N)C(=O)N1CCCC1C(=O)O. The van der Waals surface area contributed by atoms with Crippen molar-refractivity contribution in [3.05, 3.63) is 0 Å². The molecule has 0 aromatic rings. The molecule has 4 amide bonds. The van der Waals surface area contributed by atoms with Crippen molar-refractivity contribution in [1.29, 1.82) is 0 Å². The maximum absolute atomic E-state index is 13.1. The molecule has 1 fully saturated rings. The van der Waals surface area contributed by atoms with Crippen molar-refractivity contribution in [2.24, 2.45) is 27.9 Å². The van der Waals surface area contributed by atoms with E-state index in [0.29, 0.717) is 6.42 Å². The number of hydrogen-bond donors (Lipinski definition) is 8. The molecule has 0 aliphatic carbocycles. The number of aliphatic carboxylic acids is 2. The van der Waals surface area contributed by atoms with Gasteiger partial charge >= 0.3 is 11.9 Å². The summed E-state index contributed by atoms with van der Waals surface area (Å²) in [6.07, 6.45) is -0.435. The second kappa shape index (κ2) is 13.7. The number of aliphatic imine (C=N–C) groups is 1. The number of carbonyl (C=O) groups excluding carboxylic acids is 4. The van der Waals surface area contributed by atoms with E-state index in [0.717, 1.165) is 4.90 Å². The van der Waals surface area contributed by atoms with Gasteiger partial charge < -0.3 is 48.7 Å². The molecule has 1 aliphatic heterocycles. The van der Waals surface area contributed by atoms with Crippen LogP contribution >= 0.6 is 0 Å². The summed E-state index contributed by atoms with van der Waals surface area (Å²) in [7, 11) is 0. The third kappa shape index (κ3) is 9.83. The highest BCUT2D eigenvalue weighted by molar-refractivity contribution is 5.96. The second-order valence-electron chi connectivity index (χ2n) is 7.97. The van der Waals surface area contributed by atoms with Crippen molar-refractivity contribution in [2.45, 2.75) is 62.7 Å². The molecular formula is C19H32N8O8. The Morgan fingerprint density at radius 2 is 1.60 bits per heavy atom. The molecule has 0 aromatic carbocycles. The average Bonchev–Trinajstić information content (AvgIpc) is 3.24. The van der Waals surface area contributed by atoms with Crippen LogP contribution in [-0.2, 0) is 28.8 Å². The summed E-state index contributed by atoms with van der Waals surface area (Å²) in [6, 6.07) is -5.35. The van der Waals surface area contributed by atoms with Gasteiger partial charge in [0.15, 0.2) is 5.96 Å². The summed E-state index contributed by atoms with van der Waals surface area (Å²) >= 11 is 0. The first-order chi connectivity index (χ1) is 16.3. The molecule has 16 heteroatoms. The van der Waals surface area contributed by atoms with E-state index in [1.807, 2.05) is 0 Å². The van der Waals surface area contributed by atoms with E-state index in [1.54, 1.807) is 0 Å². The van der Waals surface area contributed by atoms with Gasteiger partial charge in [0.1, 0.15) is 18.1 Å². The number of rotatable bonds is 14. The summed E-state index contributed by atoms with van der Waals surface area (Å²) in [6.45, 7) is 0.289. The Morgan fingerprint density at radius 1 is 0.971 bits per heavy atom. The Labute approximate surface area is 200 Å². The highest BCUT2D eigenvalue weighted by Gasteiger charge is 2.38. The van der Waals surface area contributed by atoms with Crippen molar-refractivity contribution < 1.29 is 39.0 Å². The van der Waals surface area contributed by atoms with Crippen LogP contribution < -0.4 is 33.6 Å². The fourth-order valence-corrected chi connectivity index (χ4v) is 3.49. The molecule has 4 unspecified atom stereocenters. The van der Waals surface area contributed by atoms with Gasteiger partial charge in [-0.05, 0) is 25.7 Å². The molecule has 0 spiro atoms. The molecular weight excluding hydrogens is 468 g/mol. The van der Waals surface area contributed by atoms with Gasteiger partial charge in [-0.3, -0.25) is 29.0 Å². The molecule has 12 N–H and O–H groups in total. The predicted octanol–water partition coefficient (Wildman–Crippen LogP) is -4.24. The molecule has 1 saturated heterocycles. The highest BCUT2D eigenvalue weighted by Crippen LogP contribution is 2.19. The zero-order valence-corrected chi connectivity index (χ0v) is 19.0. The predicted molar refractivity (Wildman–Crippen MR) is 120 cm³/mol. The topological polar surface area (TPSA) is 287 Å². The van der Waals surface area contributed by atoms with Crippen molar-refractivity contribution in [1.82, 2.24) is 15.5 Å². The molecule has 4 atom stereocenters. The van der Waals surface area contributed by atoms with Crippen LogP contribution in [0.15, 0.2) is 4.99 Å². The smallest absolute Gasteiger partial charge is 0.326 e. The minimum absolute atomic E-state index is 0.0138. The number of primary amides is 1. The van der Waals surface area contributed by atoms with Crippen LogP contribution in [0.25, 0.3) is 0 Å². The highest BCUT2D eigenvalue weighted by atomic mass is 16.4. The number of guanidine groups is 1. The van der Waals surface area contributed by atoms with Gasteiger partial charge in [0.25, 0.3) is 0 Å². The number of carbonyl (C=O) groups is 6. The fourth-order valence-electron chi connectivity index (χ4n) is 3.49. The van der Waals surface area contributed by atoms with E-state index in [-0.39, 0.29) is 38.3 Å². The number of likely N-dealkylation sites (tertiary alicyclic amines) is 1. The lowest BCUT2D eigenvalue weighted by Crippen LogP contribution is -2.57. The fraction of sp³-hybridized carbons (Fsp3) is 0.632. The quantitative estimate of drug-likeness (QED) is 0.0642. The molecule has 1 rings (SSSR count). The van der Waals surface area contributed by atoms with E-state index in [1.165, 1.54) is 0 Å². The molecule has 1 heterocycles. The van der Waals surface area contributed by atoms with Crippen molar-refractivity contribution in [3.8, 4) is 0 Å². The van der Waals surface area contributed by atoms with Crippen LogP contribution in [0, 0.1) is 0 Å². The van der Waals surface area contributed by atoms with Crippen LogP contribution in [-0.4, -0.2) is 93.9 Å². The van der Waals surface area contributed by atoms with E-state index in [9.17, 15) is 33.9 Å². The first-order valence-corrected chi connectivity index (χ1v) is 10.8. The molecule has 1 aliphatic rings. The van der Waals surface area contributed by atoms with Gasteiger partial charge in [-0.15, -0.1) is 0 Å². The monoisotopic (exact) mass is 500 g/mol. The summed E-state index contributed by atoms with van der Waals surface area (Å²) < 4.78 is 0. The molecule has 0 saturated carbocycles. The van der Waals surface area contributed by atoms with Crippen molar-refractivity contribution >= 4 is 41.5 Å². The summed E-state index contributed by atoms with van der Waals surface area (Å²) in [5.41, 5.74) is 21.2. The second-order valence-corrected chi connectivity index (χ2v) is 7.97. The molecule has 0 radical (unpaired) electrons. The van der Waals surface area contributed by atoms with Crippen LogP contribution in [0.1, 0.15) is 38.5 Å². The third-order valence-corrected chi connectivity index (χ3v) is 5.15. The molecule has 16 nitrogen and oxygen atoms in total. The number of nitrogens with one attached hydrogen (secondary N) is 2. The first kappa shape index (κ1) is 29.1. The largest absolute Gasteiger partial charge is 0.481 e. The minimum atomic E-state index is -1.55. The Bertz CT molecular complexity index is 860. The van der Waals surface area contributed by atoms with Crippen molar-refractivity contribution in [2.75, 3.05) is 13.1 Å². The lowest BCUT2D eigenvalue weighted by molar-refractivity contribution is -0.149. The van der Waals surface area contributed by atoms with Gasteiger partial charge in [-0.1, -0.05) is 0 Å². The summed E-state index contributed by atoms with van der Waals surface area (Å²) in [4.78, 5) is 76.9. The Balaban J connectivity index is 3.05. The first-order valence-electron chi connectivity index (χ1n) is 10.8. The van der Waals surface area contributed by atoms with Gasteiger partial charge in [-0.25, -0.2) is 4.79 Å². The Kier molecular flexibility index (Phi) is 11.4. The Morgan fingerprint density at radius 3 is 2.14 bits per heavy atom. The molecule has 35 heavy (non-hydrogen) atoms. The van der Waals surface area contributed by atoms with Gasteiger partial charge in [0.05, 0.1) is 18.9 Å². The number of nitrogens with zero attached hydrogens (tertiary/aromatic N) is 2. The number of hydrogen-bond acceptors (Lipinski definition) is 8. The van der Waals surface area contributed by atoms with E-state index >= 15 is 0 Å². The standard InChI is InChI=1S/C19H32N8O8/c20-9(7-14(29)30)15(31)26-11(8-13(21)28)16(32)25-10(3-1-5-24-19(22)23)17(33)27-6-2-4-12(27)18(34)35/h9-12H,1-8,20H2,(H2,21,28)(H,25,32)(H,26,31)(H,29,30)(H,34,35)(H4,22,23,24). The lowest BCUT2D eigenvalue weighted by atomic mass is 10.1. The normalized spacial score (nSPS) is 17.5. The maximum Gasteiger partial charge on any atom is 0.326 e. The molecule has 0 aromatic heterocycles. The number of amides is 4. The van der Waals surface area contributed by atoms with Crippen LogP contribution in [0.4, 0.5) is 0 Å². The van der Waals surface area contributed by atoms with Gasteiger partial charge in [-0.2, -0.15) is 0 Å². The third-order valence-electron chi connectivity index (χ3n) is 5.15. The van der Waals surface area contributed by atoms with Crippen LogP contribution in [0.3, 0.4) is 0 Å². The number of nitrogens with two attached hydrogens (primary N) is 4. The molecule has 196 valence electrons. The minimum Gasteiger partial charge on any atom is -0.481 e. The maximum atomic E-state index is 13.1. The van der Waals surface area contributed by atoms with E-state index < -0.39 is 72.6 Å². The zero-order valence-electron chi connectivity index (χ0n) is 19.0. The van der Waals surface area contributed by atoms with Gasteiger partial charge in [0.2, 0.25) is 23.6 Å². The number of carboxylic acids is 2. The summed E-state index contributed by atoms with van der Waals surface area (Å²) in [5.74, 6) is -6.33. The lowest BCUT2D eigenvalue weighted by Gasteiger charge is -2.28. The average molecular weight is 501 g/mol. The Hall–Kier alpha value is -3.95. The van der Waals surface area contributed by atoms with E-state index in [4.69, 9.17) is 28.0 Å². The van der Waals surface area contributed by atoms with Crippen LogP contribution in [0.5, 0.6) is 0 Å².